The van der Waals surface area contributed by atoms with E-state index in [1.54, 1.807) is 0 Å². The van der Waals surface area contributed by atoms with Crippen LogP contribution in [0.5, 0.6) is 0 Å². The monoisotopic (exact) mass is 528 g/mol. The van der Waals surface area contributed by atoms with Crippen molar-refractivity contribution in [1.29, 1.82) is 0 Å². The van der Waals surface area contributed by atoms with Gasteiger partial charge in [-0.2, -0.15) is 0 Å². The van der Waals surface area contributed by atoms with Crippen LogP contribution in [-0.4, -0.2) is 65.2 Å². The normalized spacial score (nSPS) is 25.1. The summed E-state index contributed by atoms with van der Waals surface area (Å²) in [5.41, 5.74) is 6.33. The van der Waals surface area contributed by atoms with Gasteiger partial charge in [-0.05, 0) is 69.4 Å². The van der Waals surface area contributed by atoms with Gasteiger partial charge in [0.05, 0.1) is 18.2 Å². The quantitative estimate of drug-likeness (QED) is 0.372. The first-order chi connectivity index (χ1) is 17.8. The fourth-order valence-electron chi connectivity index (χ4n) is 5.99. The lowest BCUT2D eigenvalue weighted by Gasteiger charge is -2.47. The van der Waals surface area contributed by atoms with Gasteiger partial charge in [0.2, 0.25) is 11.8 Å². The molecule has 6 unspecified atom stereocenters. The summed E-state index contributed by atoms with van der Waals surface area (Å²) in [4.78, 5) is 28.9. The third-order valence-corrected chi connectivity index (χ3v) is 8.91. The van der Waals surface area contributed by atoms with Crippen molar-refractivity contribution >= 4 is 11.8 Å². The second-order valence-corrected chi connectivity index (χ2v) is 13.5. The Morgan fingerprint density at radius 1 is 1.08 bits per heavy atom. The Hall–Kier alpha value is -1.96. The number of nitrogens with two attached hydrogens (primary N) is 1. The maximum absolute atomic E-state index is 13.4. The average molecular weight is 529 g/mol. The Bertz CT molecular complexity index is 913. The Morgan fingerprint density at radius 2 is 1.71 bits per heavy atom. The van der Waals surface area contributed by atoms with Crippen LogP contribution in [0.4, 0.5) is 0 Å². The summed E-state index contributed by atoms with van der Waals surface area (Å²) in [6.45, 7) is 13.5. The van der Waals surface area contributed by atoms with E-state index in [9.17, 15) is 14.7 Å². The minimum absolute atomic E-state index is 0.0377. The van der Waals surface area contributed by atoms with Gasteiger partial charge >= 0.3 is 0 Å². The van der Waals surface area contributed by atoms with Gasteiger partial charge in [0, 0.05) is 24.5 Å². The number of benzene rings is 1. The van der Waals surface area contributed by atoms with Crippen molar-refractivity contribution in [3.63, 3.8) is 0 Å². The lowest BCUT2D eigenvalue weighted by molar-refractivity contribution is -0.134. The van der Waals surface area contributed by atoms with Crippen molar-refractivity contribution in [2.45, 2.75) is 104 Å². The van der Waals surface area contributed by atoms with Gasteiger partial charge in [0.15, 0.2) is 0 Å². The van der Waals surface area contributed by atoms with E-state index in [0.29, 0.717) is 31.3 Å². The number of piperidine rings is 1. The smallest absolute Gasteiger partial charge is 0.237 e. The van der Waals surface area contributed by atoms with Crippen LogP contribution in [0.25, 0.3) is 0 Å². The number of rotatable bonds is 10. The Balaban J connectivity index is 1.81. The number of amides is 2. The number of fused-ring (bicyclic) bond motifs is 1. The number of nitrogens with one attached hydrogen (secondary N) is 2. The second-order valence-electron chi connectivity index (χ2n) is 13.5. The van der Waals surface area contributed by atoms with E-state index in [1.165, 1.54) is 25.7 Å². The second kappa shape index (κ2) is 12.9. The number of likely N-dealkylation sites (tertiary alicyclic amines) is 1. The molecule has 7 heteroatoms. The largest absolute Gasteiger partial charge is 0.390 e. The summed E-state index contributed by atoms with van der Waals surface area (Å²) in [5.74, 6) is 0.750. The maximum Gasteiger partial charge on any atom is 0.237 e. The van der Waals surface area contributed by atoms with Crippen molar-refractivity contribution < 1.29 is 14.7 Å². The van der Waals surface area contributed by atoms with Crippen molar-refractivity contribution in [3.8, 4) is 0 Å². The molecule has 1 aromatic carbocycles. The van der Waals surface area contributed by atoms with Crippen LogP contribution in [-0.2, 0) is 16.0 Å². The molecule has 3 rings (SSSR count). The standard InChI is InChI=1S/C31H52N4O3/c1-21(31(5,6)20-32)28(37)33-25(16-22-12-8-7-9-13-22)27(36)19-35-18-24-15-11-10-14-23(24)17-26(35)29(38)34-30(2,3)4/h7-9,12-13,21,23-27,36H,10-11,14-20,32H2,1-6H3,(H,33,37)(H,34,38). The van der Waals surface area contributed by atoms with E-state index in [4.69, 9.17) is 5.73 Å². The molecule has 1 heterocycles. The SMILES string of the molecule is CC(C(=O)NC(Cc1ccccc1)C(O)CN1CC2CCCCC2CC1C(=O)NC(C)(C)C)C(C)(C)CN. The van der Waals surface area contributed by atoms with Crippen molar-refractivity contribution in [3.05, 3.63) is 35.9 Å². The molecule has 214 valence electrons. The molecule has 0 aromatic heterocycles. The topological polar surface area (TPSA) is 108 Å². The van der Waals surface area contributed by atoms with E-state index >= 15 is 0 Å². The van der Waals surface area contributed by atoms with E-state index in [2.05, 4.69) is 15.5 Å². The Kier molecular flexibility index (Phi) is 10.4. The molecule has 1 saturated heterocycles. The first-order valence-electron chi connectivity index (χ1n) is 14.6. The predicted octanol–water partition coefficient (Wildman–Crippen LogP) is 3.49. The molecule has 0 radical (unpaired) electrons. The van der Waals surface area contributed by atoms with Crippen LogP contribution < -0.4 is 16.4 Å². The first-order valence-corrected chi connectivity index (χ1v) is 14.6. The molecule has 0 bridgehead atoms. The van der Waals surface area contributed by atoms with Gasteiger partial charge in [-0.3, -0.25) is 14.5 Å². The number of carbonyl (C=O) groups excluding carboxylic acids is 2. The zero-order valence-electron chi connectivity index (χ0n) is 24.5. The predicted molar refractivity (Wildman–Crippen MR) is 153 cm³/mol. The minimum Gasteiger partial charge on any atom is -0.390 e. The highest BCUT2D eigenvalue weighted by Crippen LogP contribution is 2.39. The Labute approximate surface area is 230 Å². The van der Waals surface area contributed by atoms with Crippen LogP contribution in [0.1, 0.15) is 79.2 Å². The number of aliphatic hydroxyl groups is 1. The lowest BCUT2D eigenvalue weighted by Crippen LogP contribution is -2.60. The fraction of sp³-hybridized carbons (Fsp3) is 0.742. The highest BCUT2D eigenvalue weighted by molar-refractivity contribution is 5.82. The van der Waals surface area contributed by atoms with Gasteiger partial charge in [-0.25, -0.2) is 0 Å². The van der Waals surface area contributed by atoms with Crippen LogP contribution in [0.3, 0.4) is 0 Å². The van der Waals surface area contributed by atoms with Gasteiger partial charge in [0.25, 0.3) is 0 Å². The van der Waals surface area contributed by atoms with Crippen molar-refractivity contribution in [1.82, 2.24) is 15.5 Å². The fourth-order valence-corrected chi connectivity index (χ4v) is 5.99. The highest BCUT2D eigenvalue weighted by atomic mass is 16.3. The third-order valence-electron chi connectivity index (χ3n) is 8.91. The molecule has 1 saturated carbocycles. The van der Waals surface area contributed by atoms with Crippen LogP contribution >= 0.6 is 0 Å². The minimum atomic E-state index is -0.822. The number of hydrogen-bond acceptors (Lipinski definition) is 5. The van der Waals surface area contributed by atoms with E-state index in [1.807, 2.05) is 71.9 Å². The van der Waals surface area contributed by atoms with Crippen LogP contribution in [0.15, 0.2) is 30.3 Å². The van der Waals surface area contributed by atoms with Crippen molar-refractivity contribution in [2.24, 2.45) is 28.9 Å². The molecule has 1 aliphatic heterocycles. The molecule has 38 heavy (non-hydrogen) atoms. The molecular formula is C31H52N4O3. The zero-order chi connectivity index (χ0) is 28.1. The van der Waals surface area contributed by atoms with E-state index in [0.717, 1.165) is 18.5 Å². The van der Waals surface area contributed by atoms with Crippen LogP contribution in [0.2, 0.25) is 0 Å². The molecule has 7 nitrogen and oxygen atoms in total. The van der Waals surface area contributed by atoms with Crippen molar-refractivity contribution in [2.75, 3.05) is 19.6 Å². The molecule has 1 aliphatic carbocycles. The maximum atomic E-state index is 13.4. The number of hydrogen-bond donors (Lipinski definition) is 4. The average Bonchev–Trinajstić information content (AvgIpc) is 2.86. The molecule has 2 fully saturated rings. The molecule has 5 N–H and O–H groups in total. The van der Waals surface area contributed by atoms with Crippen LogP contribution in [0, 0.1) is 23.2 Å². The molecule has 6 atom stereocenters. The third kappa shape index (κ3) is 8.27. The van der Waals surface area contributed by atoms with Gasteiger partial charge < -0.3 is 21.5 Å². The lowest BCUT2D eigenvalue weighted by atomic mass is 9.72. The number of aliphatic hydroxyl groups excluding tert-OH is 1. The summed E-state index contributed by atoms with van der Waals surface area (Å²) < 4.78 is 0. The van der Waals surface area contributed by atoms with Gasteiger partial charge in [-0.1, -0.05) is 70.4 Å². The van der Waals surface area contributed by atoms with Gasteiger partial charge in [-0.15, -0.1) is 0 Å². The summed E-state index contributed by atoms with van der Waals surface area (Å²) in [6, 6.07) is 9.20. The summed E-state index contributed by atoms with van der Waals surface area (Å²) in [7, 11) is 0. The molecule has 1 aromatic rings. The molecule has 0 spiro atoms. The number of nitrogens with zero attached hydrogens (tertiary/aromatic N) is 1. The number of carbonyl (C=O) groups is 2. The van der Waals surface area contributed by atoms with E-state index < -0.39 is 12.1 Å². The molecular weight excluding hydrogens is 476 g/mol. The summed E-state index contributed by atoms with van der Waals surface area (Å²) in [6.07, 6.45) is 5.36. The van der Waals surface area contributed by atoms with Gasteiger partial charge in [0.1, 0.15) is 0 Å². The summed E-state index contributed by atoms with van der Waals surface area (Å²) in [5, 5.41) is 18.0. The first kappa shape index (κ1) is 30.6. The Morgan fingerprint density at radius 3 is 2.32 bits per heavy atom. The summed E-state index contributed by atoms with van der Waals surface area (Å²) >= 11 is 0. The zero-order valence-corrected chi connectivity index (χ0v) is 24.5. The molecule has 2 amide bonds. The van der Waals surface area contributed by atoms with E-state index in [-0.39, 0.29) is 34.7 Å². The number of β-amino-alcohol motifs (C(OH)–C–C–N with tert-alkyl or cyclic N) is 1. The highest BCUT2D eigenvalue weighted by Gasteiger charge is 2.42. The molecule has 2 aliphatic rings.